The number of nitriles is 2. The van der Waals surface area contributed by atoms with Crippen molar-refractivity contribution in [2.45, 2.75) is 19.3 Å². The van der Waals surface area contributed by atoms with Gasteiger partial charge in [-0.25, -0.2) is 0 Å². The Labute approximate surface area is 388 Å². The Bertz CT molecular complexity index is 3830. The van der Waals surface area contributed by atoms with E-state index >= 15 is 0 Å². The number of para-hydroxylation sites is 3. The van der Waals surface area contributed by atoms with Gasteiger partial charge in [-0.15, -0.1) is 0 Å². The SMILES string of the molecule is CC12C=Cc3c(N(c4ccc(C#N)cc4)c4ccc5c(c4)c4ccccc4n5-c4ccccc4)ccc4c3C1C(C=C4)C(N(c1ccc(C#N)cc1)c1ccc3[nH]c4ccccc4c3c1)=CC2. The molecular formula is C61H42N6. The minimum absolute atomic E-state index is 0.0448. The van der Waals surface area contributed by atoms with E-state index < -0.39 is 0 Å². The van der Waals surface area contributed by atoms with Crippen molar-refractivity contribution in [3.05, 3.63) is 228 Å². The van der Waals surface area contributed by atoms with Gasteiger partial charge in [0.1, 0.15) is 0 Å². The van der Waals surface area contributed by atoms with Crippen molar-refractivity contribution < 1.29 is 0 Å². The Morgan fingerprint density at radius 1 is 0.582 bits per heavy atom. The number of hydrogen-bond acceptors (Lipinski definition) is 4. The highest BCUT2D eigenvalue weighted by Crippen LogP contribution is 2.60. The second-order valence-electron chi connectivity index (χ2n) is 18.3. The number of nitrogens with zero attached hydrogens (tertiary/aromatic N) is 5. The second-order valence-corrected chi connectivity index (χ2v) is 18.3. The molecular weight excluding hydrogens is 817 g/mol. The molecule has 3 aliphatic carbocycles. The van der Waals surface area contributed by atoms with Crippen LogP contribution < -0.4 is 9.80 Å². The predicted molar refractivity (Wildman–Crippen MR) is 274 cm³/mol. The monoisotopic (exact) mass is 858 g/mol. The summed E-state index contributed by atoms with van der Waals surface area (Å²) in [6.45, 7) is 2.42. The van der Waals surface area contributed by atoms with Crippen molar-refractivity contribution in [3.63, 3.8) is 0 Å². The molecule has 316 valence electrons. The van der Waals surface area contributed by atoms with E-state index in [0.29, 0.717) is 11.1 Å². The molecule has 0 saturated heterocycles. The highest BCUT2D eigenvalue weighted by Gasteiger charge is 2.48. The highest BCUT2D eigenvalue weighted by molar-refractivity contribution is 6.11. The zero-order valence-electron chi connectivity index (χ0n) is 36.7. The van der Waals surface area contributed by atoms with Crippen LogP contribution in [0.15, 0.2) is 200 Å². The third-order valence-corrected chi connectivity index (χ3v) is 14.6. The van der Waals surface area contributed by atoms with Crippen molar-refractivity contribution >= 4 is 84.2 Å². The summed E-state index contributed by atoms with van der Waals surface area (Å²) in [5, 5.41) is 24.4. The molecule has 10 aromatic rings. The molecule has 3 aliphatic rings. The molecule has 6 nitrogen and oxygen atoms in total. The van der Waals surface area contributed by atoms with Gasteiger partial charge in [-0.3, -0.25) is 0 Å². The van der Waals surface area contributed by atoms with Crippen LogP contribution in [0.5, 0.6) is 0 Å². The zero-order chi connectivity index (χ0) is 44.8. The Balaban J connectivity index is 0.982. The van der Waals surface area contributed by atoms with Gasteiger partial charge in [0.2, 0.25) is 0 Å². The molecule has 2 aromatic heterocycles. The fourth-order valence-corrected chi connectivity index (χ4v) is 11.5. The van der Waals surface area contributed by atoms with Gasteiger partial charge in [0.05, 0.1) is 40.0 Å². The van der Waals surface area contributed by atoms with Crippen molar-refractivity contribution in [1.29, 1.82) is 10.5 Å². The number of aromatic nitrogens is 2. The molecule has 1 N–H and O–H groups in total. The number of rotatable bonds is 7. The smallest absolute Gasteiger partial charge is 0.0991 e. The van der Waals surface area contributed by atoms with Crippen LogP contribution in [0.4, 0.5) is 28.4 Å². The fourth-order valence-electron chi connectivity index (χ4n) is 11.5. The van der Waals surface area contributed by atoms with Crippen molar-refractivity contribution in [2.24, 2.45) is 11.3 Å². The average molecular weight is 859 g/mol. The Morgan fingerprint density at radius 3 is 1.99 bits per heavy atom. The van der Waals surface area contributed by atoms with Crippen LogP contribution in [0.25, 0.3) is 61.5 Å². The van der Waals surface area contributed by atoms with E-state index in [2.05, 4.69) is 220 Å². The summed E-state index contributed by atoms with van der Waals surface area (Å²) in [6, 6.07) is 66.5. The van der Waals surface area contributed by atoms with Gasteiger partial charge in [0, 0.05) is 84.1 Å². The summed E-state index contributed by atoms with van der Waals surface area (Å²) in [7, 11) is 0. The first-order valence-electron chi connectivity index (χ1n) is 22.9. The Kier molecular flexibility index (Phi) is 8.56. The normalized spacial score (nSPS) is 17.9. The van der Waals surface area contributed by atoms with Crippen molar-refractivity contribution in [1.82, 2.24) is 9.55 Å². The lowest BCUT2D eigenvalue weighted by Gasteiger charge is -2.50. The molecule has 0 bridgehead atoms. The van der Waals surface area contributed by atoms with Crippen LogP contribution in [0.2, 0.25) is 0 Å². The van der Waals surface area contributed by atoms with Crippen LogP contribution in [0.3, 0.4) is 0 Å². The van der Waals surface area contributed by atoms with Gasteiger partial charge in [0.15, 0.2) is 0 Å². The predicted octanol–water partition coefficient (Wildman–Crippen LogP) is 15.5. The Hall–Kier alpha value is -8.84. The largest absolute Gasteiger partial charge is 0.355 e. The minimum Gasteiger partial charge on any atom is -0.355 e. The molecule has 13 rings (SSSR count). The molecule has 2 heterocycles. The molecule has 0 amide bonds. The van der Waals surface area contributed by atoms with E-state index in [4.69, 9.17) is 0 Å². The minimum atomic E-state index is -0.145. The van der Waals surface area contributed by atoms with E-state index in [-0.39, 0.29) is 17.3 Å². The topological polar surface area (TPSA) is 74.8 Å². The Morgan fingerprint density at radius 2 is 1.21 bits per heavy atom. The first-order chi connectivity index (χ1) is 33.0. The summed E-state index contributed by atoms with van der Waals surface area (Å²) < 4.78 is 2.35. The number of hydrogen-bond donors (Lipinski definition) is 1. The lowest BCUT2D eigenvalue weighted by atomic mass is 9.56. The summed E-state index contributed by atoms with van der Waals surface area (Å²) >= 11 is 0. The number of H-pyrrole nitrogens is 1. The molecule has 0 radical (unpaired) electrons. The molecule has 0 saturated carbocycles. The van der Waals surface area contributed by atoms with Crippen LogP contribution in [-0.2, 0) is 0 Å². The molecule has 0 aliphatic heterocycles. The maximum absolute atomic E-state index is 9.88. The van der Waals surface area contributed by atoms with E-state index in [0.717, 1.165) is 62.6 Å². The highest BCUT2D eigenvalue weighted by atomic mass is 15.2. The fraction of sp³-hybridized carbons (Fsp3) is 0.0820. The second kappa shape index (κ2) is 14.9. The standard InChI is InChI=1S/C61H42N6/c1-61-33-31-49-56(65(43-21-15-39(37-62)16-22-43)46-26-30-57-52(36-46)48-12-6-8-14-55(48)67(57)42-9-3-2-4-10-42)29-20-41-19-27-50(60(61)59(41)49)58(32-34-61)66(44-23-17-40(38-63)18-24-44)45-25-28-54-51(35-45)47-11-5-7-13-53(47)64-54/h2-33,35-36,50,60,64H,34H2,1H3. The van der Waals surface area contributed by atoms with E-state index in [1.54, 1.807) is 0 Å². The van der Waals surface area contributed by atoms with E-state index in [1.807, 2.05) is 24.3 Å². The molecule has 67 heavy (non-hydrogen) atoms. The molecule has 0 spiro atoms. The van der Waals surface area contributed by atoms with Crippen molar-refractivity contribution in [3.8, 4) is 17.8 Å². The maximum Gasteiger partial charge on any atom is 0.0991 e. The number of fused-ring (bicyclic) bond motifs is 6. The van der Waals surface area contributed by atoms with Crippen LogP contribution in [-0.4, -0.2) is 9.55 Å². The van der Waals surface area contributed by atoms with Gasteiger partial charge in [-0.05, 0) is 138 Å². The van der Waals surface area contributed by atoms with Crippen LogP contribution in [0, 0.1) is 34.0 Å². The summed E-state index contributed by atoms with van der Waals surface area (Å²) in [4.78, 5) is 8.42. The first-order valence-corrected chi connectivity index (χ1v) is 22.9. The molecule has 6 heteroatoms. The van der Waals surface area contributed by atoms with Crippen molar-refractivity contribution in [2.75, 3.05) is 9.80 Å². The lowest BCUT2D eigenvalue weighted by Crippen LogP contribution is -2.40. The van der Waals surface area contributed by atoms with E-state index in [1.165, 1.54) is 43.9 Å². The third-order valence-electron chi connectivity index (χ3n) is 14.6. The van der Waals surface area contributed by atoms with E-state index in [9.17, 15) is 10.5 Å². The molecule has 3 unspecified atom stereocenters. The average Bonchev–Trinajstić information content (AvgIpc) is 3.92. The van der Waals surface area contributed by atoms with Gasteiger partial charge >= 0.3 is 0 Å². The van der Waals surface area contributed by atoms with Gasteiger partial charge in [0.25, 0.3) is 0 Å². The number of anilines is 5. The summed E-state index contributed by atoms with van der Waals surface area (Å²) in [5.74, 6) is 0.183. The summed E-state index contributed by atoms with van der Waals surface area (Å²) in [6.07, 6.45) is 12.9. The quantitative estimate of drug-likeness (QED) is 0.173. The maximum atomic E-state index is 9.88. The van der Waals surface area contributed by atoms with Crippen LogP contribution in [0.1, 0.15) is 47.1 Å². The summed E-state index contributed by atoms with van der Waals surface area (Å²) in [5.41, 5.74) is 17.0. The number of nitrogens with one attached hydrogen (secondary N) is 1. The zero-order valence-corrected chi connectivity index (χ0v) is 36.7. The molecule has 0 fully saturated rings. The number of aromatic amines is 1. The third kappa shape index (κ3) is 5.94. The lowest BCUT2D eigenvalue weighted by molar-refractivity contribution is 0.274. The van der Waals surface area contributed by atoms with Gasteiger partial charge < -0.3 is 19.4 Å². The molecule has 8 aromatic carbocycles. The number of allylic oxidation sites excluding steroid dienone is 3. The van der Waals surface area contributed by atoms with Gasteiger partial charge in [-0.2, -0.15) is 10.5 Å². The first kappa shape index (κ1) is 38.6. The van der Waals surface area contributed by atoms with Crippen LogP contribution >= 0.6 is 0 Å². The van der Waals surface area contributed by atoms with Gasteiger partial charge in [-0.1, -0.05) is 98.0 Å². The molecule has 3 atom stereocenters. The number of benzene rings is 8.